The molecule has 0 saturated heterocycles. The van der Waals surface area contributed by atoms with Crippen LogP contribution >= 0.6 is 23.8 Å². The first kappa shape index (κ1) is 24.9. The Morgan fingerprint density at radius 1 is 0.857 bits per heavy atom. The highest BCUT2D eigenvalue weighted by atomic mass is 35.5. The monoisotopic (exact) mass is 510 g/mol. The standard InChI is InChI=1S/C26H28ClFN6S/c1-15-8-6-7-9-20(15)13-33-18(4)24(16(2)31-33)29-26(35)30-25-17(3)32-34(19(25)5)14-21-10-11-22(28)12-23(21)27/h6-12H,13-14H2,1-5H3,(H2,29,30,35). The highest BCUT2D eigenvalue weighted by Gasteiger charge is 2.17. The van der Waals surface area contributed by atoms with E-state index in [0.29, 0.717) is 23.2 Å². The van der Waals surface area contributed by atoms with Gasteiger partial charge in [0.2, 0.25) is 0 Å². The van der Waals surface area contributed by atoms with Gasteiger partial charge in [0.1, 0.15) is 5.82 Å². The van der Waals surface area contributed by atoms with Crippen LogP contribution in [0.5, 0.6) is 0 Å². The number of benzene rings is 2. The molecule has 0 radical (unpaired) electrons. The predicted molar refractivity (Wildman–Crippen MR) is 144 cm³/mol. The SMILES string of the molecule is Cc1ccccc1Cn1nc(C)c(NC(=S)Nc2c(C)nn(Cc3ccc(F)cc3Cl)c2C)c1C. The molecule has 0 unspecified atom stereocenters. The third-order valence-electron chi connectivity index (χ3n) is 6.16. The molecule has 4 rings (SSSR count). The summed E-state index contributed by atoms with van der Waals surface area (Å²) in [6, 6.07) is 12.7. The third-order valence-corrected chi connectivity index (χ3v) is 6.71. The second kappa shape index (κ2) is 10.2. The van der Waals surface area contributed by atoms with Crippen LogP contribution in [0, 0.1) is 40.4 Å². The maximum absolute atomic E-state index is 13.4. The van der Waals surface area contributed by atoms with E-state index in [9.17, 15) is 4.39 Å². The smallest absolute Gasteiger partial charge is 0.175 e. The number of hydrogen-bond donors (Lipinski definition) is 2. The van der Waals surface area contributed by atoms with Crippen molar-refractivity contribution in [1.29, 1.82) is 0 Å². The molecule has 2 aromatic carbocycles. The minimum absolute atomic E-state index is 0.362. The van der Waals surface area contributed by atoms with E-state index >= 15 is 0 Å². The molecule has 2 heterocycles. The van der Waals surface area contributed by atoms with Gasteiger partial charge in [0, 0.05) is 5.02 Å². The molecule has 4 aromatic rings. The molecule has 2 N–H and O–H groups in total. The van der Waals surface area contributed by atoms with Crippen molar-refractivity contribution >= 4 is 40.3 Å². The van der Waals surface area contributed by atoms with Crippen LogP contribution in [-0.4, -0.2) is 24.7 Å². The van der Waals surface area contributed by atoms with Crippen LogP contribution in [0.3, 0.4) is 0 Å². The fraction of sp³-hybridized carbons (Fsp3) is 0.269. The minimum Gasteiger partial charge on any atom is -0.329 e. The van der Waals surface area contributed by atoms with Crippen molar-refractivity contribution in [3.8, 4) is 0 Å². The lowest BCUT2D eigenvalue weighted by atomic mass is 10.1. The van der Waals surface area contributed by atoms with E-state index in [1.807, 2.05) is 49.2 Å². The maximum Gasteiger partial charge on any atom is 0.175 e. The van der Waals surface area contributed by atoms with Crippen molar-refractivity contribution in [1.82, 2.24) is 19.6 Å². The second-order valence-corrected chi connectivity index (χ2v) is 9.46. The van der Waals surface area contributed by atoms with Gasteiger partial charge in [-0.1, -0.05) is 41.9 Å². The number of halogens is 2. The first-order chi connectivity index (χ1) is 16.6. The van der Waals surface area contributed by atoms with Gasteiger partial charge in [-0.15, -0.1) is 0 Å². The lowest BCUT2D eigenvalue weighted by molar-refractivity contribution is 0.622. The predicted octanol–water partition coefficient (Wildman–Crippen LogP) is 6.32. The van der Waals surface area contributed by atoms with Gasteiger partial charge < -0.3 is 10.6 Å². The van der Waals surface area contributed by atoms with Crippen LogP contribution < -0.4 is 10.6 Å². The Kier molecular flexibility index (Phi) is 7.23. The van der Waals surface area contributed by atoms with Gasteiger partial charge in [-0.2, -0.15) is 10.2 Å². The Labute approximate surface area is 215 Å². The number of aryl methyl sites for hydroxylation is 3. The third kappa shape index (κ3) is 5.39. The van der Waals surface area contributed by atoms with Crippen LogP contribution in [0.2, 0.25) is 5.02 Å². The second-order valence-electron chi connectivity index (χ2n) is 8.65. The van der Waals surface area contributed by atoms with E-state index in [1.165, 1.54) is 23.3 Å². The average molecular weight is 511 g/mol. The van der Waals surface area contributed by atoms with Crippen molar-refractivity contribution < 1.29 is 4.39 Å². The molecule has 0 fully saturated rings. The number of anilines is 2. The zero-order valence-electron chi connectivity index (χ0n) is 20.4. The molecule has 35 heavy (non-hydrogen) atoms. The van der Waals surface area contributed by atoms with E-state index in [0.717, 1.165) is 39.7 Å². The Balaban J connectivity index is 1.49. The number of rotatable bonds is 6. The van der Waals surface area contributed by atoms with Gasteiger partial charge in [0.15, 0.2) is 5.11 Å². The van der Waals surface area contributed by atoms with Crippen LogP contribution in [0.15, 0.2) is 42.5 Å². The average Bonchev–Trinajstić information content (AvgIpc) is 3.21. The number of nitrogens with zero attached hydrogens (tertiary/aromatic N) is 4. The van der Waals surface area contributed by atoms with E-state index in [2.05, 4.69) is 34.8 Å². The van der Waals surface area contributed by atoms with E-state index in [-0.39, 0.29) is 5.82 Å². The lowest BCUT2D eigenvalue weighted by Gasteiger charge is -2.12. The first-order valence-electron chi connectivity index (χ1n) is 11.3. The molecule has 6 nitrogen and oxygen atoms in total. The van der Waals surface area contributed by atoms with Gasteiger partial charge in [-0.05, 0) is 75.7 Å². The minimum atomic E-state index is -0.362. The molecular weight excluding hydrogens is 483 g/mol. The van der Waals surface area contributed by atoms with Gasteiger partial charge in [0.25, 0.3) is 0 Å². The molecule has 182 valence electrons. The Morgan fingerprint density at radius 2 is 1.40 bits per heavy atom. The van der Waals surface area contributed by atoms with Crippen molar-refractivity contribution in [2.45, 2.75) is 47.7 Å². The van der Waals surface area contributed by atoms with Gasteiger partial charge >= 0.3 is 0 Å². The number of hydrogen-bond acceptors (Lipinski definition) is 3. The van der Waals surface area contributed by atoms with Gasteiger partial charge in [0.05, 0.1) is 47.2 Å². The molecule has 0 amide bonds. The molecule has 0 aliphatic heterocycles. The van der Waals surface area contributed by atoms with E-state index in [1.54, 1.807) is 6.07 Å². The summed E-state index contributed by atoms with van der Waals surface area (Å²) in [6.07, 6.45) is 0. The van der Waals surface area contributed by atoms with Crippen LogP contribution in [0.25, 0.3) is 0 Å². The molecule has 0 saturated carbocycles. The summed E-state index contributed by atoms with van der Waals surface area (Å²) >= 11 is 11.8. The quantitative estimate of drug-likeness (QED) is 0.297. The summed E-state index contributed by atoms with van der Waals surface area (Å²) in [5.41, 5.74) is 8.53. The van der Waals surface area contributed by atoms with Crippen molar-refractivity contribution in [2.75, 3.05) is 10.6 Å². The number of nitrogens with one attached hydrogen (secondary N) is 2. The summed E-state index contributed by atoms with van der Waals surface area (Å²) in [4.78, 5) is 0. The van der Waals surface area contributed by atoms with Gasteiger partial charge in [-0.3, -0.25) is 9.36 Å². The molecular formula is C26H28ClFN6S. The van der Waals surface area contributed by atoms with Gasteiger partial charge in [-0.25, -0.2) is 4.39 Å². The van der Waals surface area contributed by atoms with Crippen LogP contribution in [0.1, 0.15) is 39.5 Å². The zero-order chi connectivity index (χ0) is 25.3. The van der Waals surface area contributed by atoms with E-state index in [4.69, 9.17) is 28.9 Å². The highest BCUT2D eigenvalue weighted by Crippen LogP contribution is 2.25. The first-order valence-corrected chi connectivity index (χ1v) is 12.1. The summed E-state index contributed by atoms with van der Waals surface area (Å²) in [5, 5.41) is 16.8. The summed E-state index contributed by atoms with van der Waals surface area (Å²) < 4.78 is 17.2. The molecule has 9 heteroatoms. The molecule has 0 spiro atoms. The zero-order valence-corrected chi connectivity index (χ0v) is 22.0. The molecule has 2 aromatic heterocycles. The highest BCUT2D eigenvalue weighted by molar-refractivity contribution is 7.80. The molecule has 0 aliphatic carbocycles. The Morgan fingerprint density at radius 3 is 1.94 bits per heavy atom. The maximum atomic E-state index is 13.4. The Hall–Kier alpha value is -3.23. The summed E-state index contributed by atoms with van der Waals surface area (Å²) in [7, 11) is 0. The lowest BCUT2D eigenvalue weighted by Crippen LogP contribution is -2.21. The largest absolute Gasteiger partial charge is 0.329 e. The summed E-state index contributed by atoms with van der Waals surface area (Å²) in [5.74, 6) is -0.362. The topological polar surface area (TPSA) is 59.7 Å². The fourth-order valence-corrected chi connectivity index (χ4v) is 4.51. The molecule has 0 atom stereocenters. The van der Waals surface area contributed by atoms with Crippen LogP contribution in [0.4, 0.5) is 15.8 Å². The fourth-order valence-electron chi connectivity index (χ4n) is 4.08. The number of thiocarbonyl (C=S) groups is 1. The normalized spacial score (nSPS) is 11.1. The van der Waals surface area contributed by atoms with Crippen molar-refractivity contribution in [3.05, 3.63) is 92.8 Å². The van der Waals surface area contributed by atoms with E-state index < -0.39 is 0 Å². The summed E-state index contributed by atoms with van der Waals surface area (Å²) in [6.45, 7) is 11.1. The number of aromatic nitrogens is 4. The van der Waals surface area contributed by atoms with Crippen molar-refractivity contribution in [3.63, 3.8) is 0 Å². The Bertz CT molecular complexity index is 1410. The molecule has 0 bridgehead atoms. The van der Waals surface area contributed by atoms with Crippen molar-refractivity contribution in [2.24, 2.45) is 0 Å². The van der Waals surface area contributed by atoms with Crippen LogP contribution in [-0.2, 0) is 13.1 Å². The molecule has 0 aliphatic rings.